The molecule has 3 nitrogen and oxygen atoms in total. The maximum Gasteiger partial charge on any atom is 0.0351 e. The molecule has 0 radical (unpaired) electrons. The van der Waals surface area contributed by atoms with Crippen LogP contribution in [0.1, 0.15) is 13.8 Å². The Labute approximate surface area is 132 Å². The van der Waals surface area contributed by atoms with Crippen molar-refractivity contribution >= 4 is 21.6 Å². The lowest BCUT2D eigenvalue weighted by molar-refractivity contribution is 0.226. The van der Waals surface area contributed by atoms with E-state index in [2.05, 4.69) is 77.2 Å². The summed E-state index contributed by atoms with van der Waals surface area (Å²) < 4.78 is 1.12. The first kappa shape index (κ1) is 17.5. The van der Waals surface area contributed by atoms with Gasteiger partial charge in [-0.2, -0.15) is 0 Å². The van der Waals surface area contributed by atoms with E-state index in [0.717, 1.165) is 37.2 Å². The molecule has 1 N–H and O–H groups in total. The Hall–Kier alpha value is -0.580. The van der Waals surface area contributed by atoms with Crippen molar-refractivity contribution in [3.63, 3.8) is 0 Å². The molecule has 0 unspecified atom stereocenters. The summed E-state index contributed by atoms with van der Waals surface area (Å²) in [5.41, 5.74) is 1.18. The predicted octanol–water partition coefficient (Wildman–Crippen LogP) is 3.38. The van der Waals surface area contributed by atoms with Crippen molar-refractivity contribution < 1.29 is 0 Å². The number of likely N-dealkylation sites (N-methyl/N-ethyl adjacent to an activating group) is 1. The SMILES string of the molecule is CC(C)CN(CCNc1cccc(Br)c1)CCN(C)C. The Morgan fingerprint density at radius 3 is 2.50 bits per heavy atom. The molecule has 114 valence electrons. The molecule has 1 aromatic rings. The van der Waals surface area contributed by atoms with Crippen LogP contribution in [0.2, 0.25) is 0 Å². The summed E-state index contributed by atoms with van der Waals surface area (Å²) >= 11 is 3.50. The molecule has 0 aliphatic heterocycles. The highest BCUT2D eigenvalue weighted by Crippen LogP contribution is 2.15. The molecular weight excluding hydrogens is 314 g/mol. The molecule has 0 atom stereocenters. The molecule has 0 fully saturated rings. The molecule has 0 heterocycles. The fraction of sp³-hybridized carbons (Fsp3) is 0.625. The third kappa shape index (κ3) is 7.88. The zero-order valence-corrected chi connectivity index (χ0v) is 14.8. The first-order valence-electron chi connectivity index (χ1n) is 7.34. The van der Waals surface area contributed by atoms with Gasteiger partial charge >= 0.3 is 0 Å². The molecule has 0 amide bonds. The van der Waals surface area contributed by atoms with Crippen molar-refractivity contribution in [2.45, 2.75) is 13.8 Å². The van der Waals surface area contributed by atoms with Gasteiger partial charge in [0.15, 0.2) is 0 Å². The van der Waals surface area contributed by atoms with Gasteiger partial charge in [-0.3, -0.25) is 0 Å². The minimum absolute atomic E-state index is 0.711. The third-order valence-electron chi connectivity index (χ3n) is 3.07. The standard InChI is InChI=1S/C16H28BrN3/c1-14(2)13-20(11-10-19(3)4)9-8-18-16-7-5-6-15(17)12-16/h5-7,12,14,18H,8-11,13H2,1-4H3. The van der Waals surface area contributed by atoms with Crippen LogP contribution in [-0.4, -0.2) is 56.6 Å². The fourth-order valence-electron chi connectivity index (χ4n) is 2.11. The van der Waals surface area contributed by atoms with E-state index in [-0.39, 0.29) is 0 Å². The van der Waals surface area contributed by atoms with Crippen LogP contribution in [0.25, 0.3) is 0 Å². The summed E-state index contributed by atoms with van der Waals surface area (Å²) in [5, 5.41) is 3.49. The second-order valence-corrected chi connectivity index (χ2v) is 6.85. The van der Waals surface area contributed by atoms with Crippen molar-refractivity contribution in [1.29, 1.82) is 0 Å². The predicted molar refractivity (Wildman–Crippen MR) is 92.5 cm³/mol. The number of nitrogens with zero attached hydrogens (tertiary/aromatic N) is 2. The molecule has 1 rings (SSSR count). The van der Waals surface area contributed by atoms with Gasteiger partial charge in [-0.05, 0) is 38.2 Å². The number of nitrogens with one attached hydrogen (secondary N) is 1. The summed E-state index contributed by atoms with van der Waals surface area (Å²) in [6, 6.07) is 8.33. The van der Waals surface area contributed by atoms with E-state index in [4.69, 9.17) is 0 Å². The fourth-order valence-corrected chi connectivity index (χ4v) is 2.51. The van der Waals surface area contributed by atoms with Gasteiger partial charge in [0.05, 0.1) is 0 Å². The van der Waals surface area contributed by atoms with Crippen LogP contribution in [0.3, 0.4) is 0 Å². The van der Waals surface area contributed by atoms with E-state index < -0.39 is 0 Å². The first-order valence-corrected chi connectivity index (χ1v) is 8.13. The number of hydrogen-bond donors (Lipinski definition) is 1. The smallest absolute Gasteiger partial charge is 0.0351 e. The van der Waals surface area contributed by atoms with Crippen molar-refractivity contribution in [1.82, 2.24) is 9.80 Å². The summed E-state index contributed by atoms with van der Waals surface area (Å²) in [6.45, 7) is 10.0. The number of benzene rings is 1. The minimum Gasteiger partial charge on any atom is -0.384 e. The second kappa shape index (κ2) is 9.37. The van der Waals surface area contributed by atoms with Crippen LogP contribution in [0.4, 0.5) is 5.69 Å². The van der Waals surface area contributed by atoms with Gasteiger partial charge in [-0.25, -0.2) is 0 Å². The summed E-state index contributed by atoms with van der Waals surface area (Å²) in [4.78, 5) is 4.78. The van der Waals surface area contributed by atoms with E-state index in [1.165, 1.54) is 5.69 Å². The Morgan fingerprint density at radius 2 is 1.90 bits per heavy atom. The summed E-state index contributed by atoms with van der Waals surface area (Å²) in [7, 11) is 4.26. The van der Waals surface area contributed by atoms with Gasteiger partial charge in [-0.1, -0.05) is 35.8 Å². The average molecular weight is 342 g/mol. The largest absolute Gasteiger partial charge is 0.384 e. The van der Waals surface area contributed by atoms with Crippen molar-refractivity contribution in [2.24, 2.45) is 5.92 Å². The highest BCUT2D eigenvalue weighted by molar-refractivity contribution is 9.10. The summed E-state index contributed by atoms with van der Waals surface area (Å²) in [5.74, 6) is 0.711. The molecule has 0 saturated carbocycles. The quantitative estimate of drug-likeness (QED) is 0.742. The second-order valence-electron chi connectivity index (χ2n) is 5.93. The Kier molecular flexibility index (Phi) is 8.19. The number of rotatable bonds is 9. The Balaban J connectivity index is 2.37. The highest BCUT2D eigenvalue weighted by atomic mass is 79.9. The van der Waals surface area contributed by atoms with Crippen LogP contribution < -0.4 is 5.32 Å². The average Bonchev–Trinajstić information content (AvgIpc) is 2.35. The minimum atomic E-state index is 0.711. The first-order chi connectivity index (χ1) is 9.47. The lowest BCUT2D eigenvalue weighted by Crippen LogP contribution is -2.37. The molecule has 20 heavy (non-hydrogen) atoms. The lowest BCUT2D eigenvalue weighted by atomic mass is 10.2. The van der Waals surface area contributed by atoms with Crippen LogP contribution in [0.15, 0.2) is 28.7 Å². The molecule has 0 aliphatic rings. The van der Waals surface area contributed by atoms with Crippen molar-refractivity contribution in [2.75, 3.05) is 52.1 Å². The van der Waals surface area contributed by atoms with Crippen LogP contribution in [0.5, 0.6) is 0 Å². The maximum atomic E-state index is 3.50. The van der Waals surface area contributed by atoms with Crippen molar-refractivity contribution in [3.8, 4) is 0 Å². The van der Waals surface area contributed by atoms with E-state index in [1.807, 2.05) is 6.07 Å². The zero-order valence-electron chi connectivity index (χ0n) is 13.2. The number of anilines is 1. The maximum absolute atomic E-state index is 3.50. The Bertz CT molecular complexity index is 380. The molecule has 0 aromatic heterocycles. The highest BCUT2D eigenvalue weighted by Gasteiger charge is 2.07. The monoisotopic (exact) mass is 341 g/mol. The molecule has 0 saturated heterocycles. The summed E-state index contributed by atoms with van der Waals surface area (Å²) in [6.07, 6.45) is 0. The molecule has 4 heteroatoms. The van der Waals surface area contributed by atoms with Crippen LogP contribution in [0, 0.1) is 5.92 Å². The normalized spacial score (nSPS) is 11.6. The van der Waals surface area contributed by atoms with E-state index >= 15 is 0 Å². The topological polar surface area (TPSA) is 18.5 Å². The Morgan fingerprint density at radius 1 is 1.15 bits per heavy atom. The van der Waals surface area contributed by atoms with Gasteiger partial charge in [0.1, 0.15) is 0 Å². The molecular formula is C16H28BrN3. The van der Waals surface area contributed by atoms with Gasteiger partial charge in [0.2, 0.25) is 0 Å². The molecule has 0 spiro atoms. The van der Waals surface area contributed by atoms with Gasteiger partial charge in [0, 0.05) is 42.9 Å². The van der Waals surface area contributed by atoms with Crippen LogP contribution >= 0.6 is 15.9 Å². The van der Waals surface area contributed by atoms with E-state index in [9.17, 15) is 0 Å². The van der Waals surface area contributed by atoms with Gasteiger partial charge in [0.25, 0.3) is 0 Å². The molecule has 0 bridgehead atoms. The number of halogens is 1. The van der Waals surface area contributed by atoms with E-state index in [0.29, 0.717) is 5.92 Å². The molecule has 0 aliphatic carbocycles. The van der Waals surface area contributed by atoms with Gasteiger partial charge in [-0.15, -0.1) is 0 Å². The zero-order chi connectivity index (χ0) is 15.0. The van der Waals surface area contributed by atoms with Crippen LogP contribution in [-0.2, 0) is 0 Å². The van der Waals surface area contributed by atoms with Gasteiger partial charge < -0.3 is 15.1 Å². The van der Waals surface area contributed by atoms with Crippen molar-refractivity contribution in [3.05, 3.63) is 28.7 Å². The lowest BCUT2D eigenvalue weighted by Gasteiger charge is -2.26. The van der Waals surface area contributed by atoms with E-state index in [1.54, 1.807) is 0 Å². The number of hydrogen-bond acceptors (Lipinski definition) is 3. The third-order valence-corrected chi connectivity index (χ3v) is 3.56. The molecule has 1 aromatic carbocycles.